The van der Waals surface area contributed by atoms with Crippen LogP contribution in [0.2, 0.25) is 0 Å². The zero-order chi connectivity index (χ0) is 11.5. The van der Waals surface area contributed by atoms with Crippen molar-refractivity contribution in [3.63, 3.8) is 0 Å². The first-order valence-electron chi connectivity index (χ1n) is 6.62. The van der Waals surface area contributed by atoms with Crippen LogP contribution in [0.25, 0.3) is 0 Å². The number of rotatable bonds is 5. The minimum absolute atomic E-state index is 0.0367. The molecule has 2 rings (SSSR count). The zero-order valence-corrected chi connectivity index (χ0v) is 10.7. The fraction of sp³-hybridized carbons (Fsp3) is 0.857. The quantitative estimate of drug-likeness (QED) is 0.526. The Morgan fingerprint density at radius 2 is 2.19 bits per heavy atom. The van der Waals surface area contributed by atoms with E-state index in [1.807, 2.05) is 13.8 Å². The summed E-state index contributed by atoms with van der Waals surface area (Å²) in [7, 11) is 0. The van der Waals surface area contributed by atoms with Crippen LogP contribution in [0.15, 0.2) is 11.6 Å². The monoisotopic (exact) mass is 224 g/mol. The van der Waals surface area contributed by atoms with Gasteiger partial charge in [-0.05, 0) is 57.8 Å². The van der Waals surface area contributed by atoms with Gasteiger partial charge in [0.15, 0.2) is 6.29 Å². The minimum atomic E-state index is -0.0367. The maximum absolute atomic E-state index is 5.75. The minimum Gasteiger partial charge on any atom is -0.353 e. The molecule has 4 unspecified atom stereocenters. The van der Waals surface area contributed by atoms with E-state index < -0.39 is 0 Å². The maximum atomic E-state index is 5.75. The molecule has 2 bridgehead atoms. The van der Waals surface area contributed by atoms with Crippen LogP contribution in [0.4, 0.5) is 0 Å². The molecule has 2 nitrogen and oxygen atoms in total. The van der Waals surface area contributed by atoms with E-state index in [-0.39, 0.29) is 6.29 Å². The van der Waals surface area contributed by atoms with Gasteiger partial charge in [0.1, 0.15) is 0 Å². The van der Waals surface area contributed by atoms with Crippen molar-refractivity contribution in [1.82, 2.24) is 0 Å². The number of allylic oxidation sites excluding steroid dienone is 2. The second kappa shape index (κ2) is 5.33. The molecule has 2 fully saturated rings. The summed E-state index contributed by atoms with van der Waals surface area (Å²) >= 11 is 0. The molecule has 0 amide bonds. The Morgan fingerprint density at radius 3 is 2.75 bits per heavy atom. The molecule has 0 radical (unpaired) electrons. The normalized spacial score (nSPS) is 37.2. The van der Waals surface area contributed by atoms with E-state index in [1.54, 1.807) is 5.57 Å². The summed E-state index contributed by atoms with van der Waals surface area (Å²) in [6.07, 6.45) is 6.34. The van der Waals surface area contributed by atoms with E-state index in [0.29, 0.717) is 0 Å². The first-order chi connectivity index (χ1) is 7.74. The summed E-state index contributed by atoms with van der Waals surface area (Å²) in [4.78, 5) is 0. The molecule has 2 aliphatic carbocycles. The van der Waals surface area contributed by atoms with Crippen LogP contribution in [0.1, 0.15) is 40.0 Å². The average molecular weight is 224 g/mol. The molecule has 0 aromatic heterocycles. The fourth-order valence-electron chi connectivity index (χ4n) is 3.33. The second-order valence-corrected chi connectivity index (χ2v) is 5.11. The third-order valence-corrected chi connectivity index (χ3v) is 4.18. The molecule has 4 atom stereocenters. The molecule has 0 saturated heterocycles. The molecule has 16 heavy (non-hydrogen) atoms. The SMILES string of the molecule is CC=C1CC2CC1CC2COC(C)OCC. The Labute approximate surface area is 99.0 Å². The predicted octanol–water partition coefficient (Wildman–Crippen LogP) is 3.38. The Kier molecular flexibility index (Phi) is 4.04. The number of fused-ring (bicyclic) bond motifs is 2. The van der Waals surface area contributed by atoms with Crippen LogP contribution in [-0.4, -0.2) is 19.5 Å². The van der Waals surface area contributed by atoms with Crippen molar-refractivity contribution in [3.05, 3.63) is 11.6 Å². The van der Waals surface area contributed by atoms with Crippen molar-refractivity contribution in [2.24, 2.45) is 17.8 Å². The van der Waals surface area contributed by atoms with Crippen molar-refractivity contribution in [2.75, 3.05) is 13.2 Å². The summed E-state index contributed by atoms with van der Waals surface area (Å²) in [5.74, 6) is 2.52. The van der Waals surface area contributed by atoms with Gasteiger partial charge in [0.25, 0.3) is 0 Å². The summed E-state index contributed by atoms with van der Waals surface area (Å²) in [6.45, 7) is 7.81. The highest BCUT2D eigenvalue weighted by molar-refractivity contribution is 5.17. The number of hydrogen-bond acceptors (Lipinski definition) is 2. The molecule has 0 heterocycles. The van der Waals surface area contributed by atoms with E-state index >= 15 is 0 Å². The highest BCUT2D eigenvalue weighted by Crippen LogP contribution is 2.51. The van der Waals surface area contributed by atoms with Crippen LogP contribution in [-0.2, 0) is 9.47 Å². The third kappa shape index (κ3) is 2.49. The summed E-state index contributed by atoms with van der Waals surface area (Å²) in [5.41, 5.74) is 1.69. The van der Waals surface area contributed by atoms with Crippen molar-refractivity contribution in [1.29, 1.82) is 0 Å². The molecule has 0 N–H and O–H groups in total. The summed E-state index contributed by atoms with van der Waals surface area (Å²) in [6, 6.07) is 0. The Bertz CT molecular complexity index is 259. The summed E-state index contributed by atoms with van der Waals surface area (Å²) < 4.78 is 11.1. The Hall–Kier alpha value is -0.340. The molecule has 0 spiro atoms. The molecule has 2 aliphatic rings. The Morgan fingerprint density at radius 1 is 1.38 bits per heavy atom. The van der Waals surface area contributed by atoms with Gasteiger partial charge in [-0.25, -0.2) is 0 Å². The van der Waals surface area contributed by atoms with Crippen LogP contribution in [0, 0.1) is 17.8 Å². The molecule has 92 valence electrons. The van der Waals surface area contributed by atoms with E-state index in [1.165, 1.54) is 19.3 Å². The van der Waals surface area contributed by atoms with Gasteiger partial charge in [0.2, 0.25) is 0 Å². The van der Waals surface area contributed by atoms with Crippen molar-refractivity contribution in [2.45, 2.75) is 46.3 Å². The highest BCUT2D eigenvalue weighted by Gasteiger charge is 2.42. The molecule has 2 saturated carbocycles. The number of hydrogen-bond donors (Lipinski definition) is 0. The van der Waals surface area contributed by atoms with Gasteiger partial charge in [-0.1, -0.05) is 11.6 Å². The fourth-order valence-corrected chi connectivity index (χ4v) is 3.33. The van der Waals surface area contributed by atoms with E-state index in [2.05, 4.69) is 13.0 Å². The van der Waals surface area contributed by atoms with Gasteiger partial charge in [0, 0.05) is 6.61 Å². The topological polar surface area (TPSA) is 18.5 Å². The maximum Gasteiger partial charge on any atom is 0.154 e. The van der Waals surface area contributed by atoms with Crippen LogP contribution in [0.5, 0.6) is 0 Å². The van der Waals surface area contributed by atoms with Crippen molar-refractivity contribution >= 4 is 0 Å². The summed E-state index contributed by atoms with van der Waals surface area (Å²) in [5, 5.41) is 0. The predicted molar refractivity (Wildman–Crippen MR) is 65.1 cm³/mol. The van der Waals surface area contributed by atoms with Crippen LogP contribution >= 0.6 is 0 Å². The number of ether oxygens (including phenoxy) is 2. The molecular weight excluding hydrogens is 200 g/mol. The second-order valence-electron chi connectivity index (χ2n) is 5.11. The van der Waals surface area contributed by atoms with Crippen molar-refractivity contribution in [3.8, 4) is 0 Å². The lowest BCUT2D eigenvalue weighted by Gasteiger charge is -2.24. The van der Waals surface area contributed by atoms with E-state index in [9.17, 15) is 0 Å². The first-order valence-corrected chi connectivity index (χ1v) is 6.62. The standard InChI is InChI=1S/C14H24O2/c1-4-11-6-13-7-12(11)8-14(13)9-16-10(3)15-5-2/h4,10,12-14H,5-9H2,1-3H3. The largest absolute Gasteiger partial charge is 0.353 e. The molecule has 0 aromatic carbocycles. The lowest BCUT2D eigenvalue weighted by molar-refractivity contribution is -0.137. The van der Waals surface area contributed by atoms with Gasteiger partial charge in [-0.3, -0.25) is 0 Å². The van der Waals surface area contributed by atoms with Gasteiger partial charge >= 0.3 is 0 Å². The Balaban J connectivity index is 1.74. The van der Waals surface area contributed by atoms with Gasteiger partial charge in [-0.15, -0.1) is 0 Å². The van der Waals surface area contributed by atoms with Crippen LogP contribution < -0.4 is 0 Å². The third-order valence-electron chi connectivity index (χ3n) is 4.18. The molecular formula is C14H24O2. The first kappa shape index (κ1) is 12.1. The van der Waals surface area contributed by atoms with Crippen LogP contribution in [0.3, 0.4) is 0 Å². The molecule has 0 aromatic rings. The van der Waals surface area contributed by atoms with E-state index in [0.717, 1.165) is 31.0 Å². The molecule has 0 aliphatic heterocycles. The smallest absolute Gasteiger partial charge is 0.154 e. The zero-order valence-electron chi connectivity index (χ0n) is 10.7. The lowest BCUT2D eigenvalue weighted by atomic mass is 9.86. The molecule has 2 heteroatoms. The average Bonchev–Trinajstić information content (AvgIpc) is 2.85. The van der Waals surface area contributed by atoms with Gasteiger partial charge in [-0.2, -0.15) is 0 Å². The van der Waals surface area contributed by atoms with Gasteiger partial charge in [0.05, 0.1) is 6.61 Å². The lowest BCUT2D eigenvalue weighted by Crippen LogP contribution is -2.22. The van der Waals surface area contributed by atoms with Crippen molar-refractivity contribution < 1.29 is 9.47 Å². The highest BCUT2D eigenvalue weighted by atomic mass is 16.7. The van der Waals surface area contributed by atoms with E-state index in [4.69, 9.17) is 9.47 Å². The van der Waals surface area contributed by atoms with Gasteiger partial charge < -0.3 is 9.47 Å².